The highest BCUT2D eigenvalue weighted by Gasteiger charge is 2.46. The van der Waals surface area contributed by atoms with Crippen molar-refractivity contribution in [2.24, 2.45) is 23.0 Å². The largest absolute Gasteiger partial charge is 0.352 e. The summed E-state index contributed by atoms with van der Waals surface area (Å²) in [4.78, 5) is 12.4. The molecule has 0 aromatic rings. The van der Waals surface area contributed by atoms with E-state index in [1.165, 1.54) is 25.7 Å². The molecule has 2 aliphatic rings. The number of hydrogen-bond donors (Lipinski definition) is 2. The van der Waals surface area contributed by atoms with E-state index in [0.29, 0.717) is 6.04 Å². The van der Waals surface area contributed by atoms with Gasteiger partial charge in [0.2, 0.25) is 5.91 Å². The SMILES string of the molecule is CC(C)(N)C(C)(C)C(=O)NC(C1CC1)C1CC1. The number of hydrogen-bond acceptors (Lipinski definition) is 2. The van der Waals surface area contributed by atoms with Crippen molar-refractivity contribution >= 4 is 5.91 Å². The number of rotatable bonds is 5. The molecule has 17 heavy (non-hydrogen) atoms. The van der Waals surface area contributed by atoms with Gasteiger partial charge >= 0.3 is 0 Å². The first-order chi connectivity index (χ1) is 7.73. The van der Waals surface area contributed by atoms with Crippen molar-refractivity contribution < 1.29 is 4.79 Å². The molecule has 98 valence electrons. The van der Waals surface area contributed by atoms with Crippen molar-refractivity contribution in [3.05, 3.63) is 0 Å². The maximum absolute atomic E-state index is 12.4. The van der Waals surface area contributed by atoms with E-state index in [9.17, 15) is 4.79 Å². The molecule has 2 rings (SSSR count). The average molecular weight is 238 g/mol. The zero-order valence-corrected chi connectivity index (χ0v) is 11.5. The highest BCUT2D eigenvalue weighted by atomic mass is 16.2. The van der Waals surface area contributed by atoms with Crippen LogP contribution in [0.1, 0.15) is 53.4 Å². The normalized spacial score (nSPS) is 21.8. The summed E-state index contributed by atoms with van der Waals surface area (Å²) >= 11 is 0. The fourth-order valence-corrected chi connectivity index (χ4v) is 2.16. The fraction of sp³-hybridized carbons (Fsp3) is 0.929. The number of amides is 1. The highest BCUT2D eigenvalue weighted by molar-refractivity contribution is 5.83. The third-order valence-corrected chi connectivity index (χ3v) is 4.74. The Morgan fingerprint density at radius 3 is 1.82 bits per heavy atom. The van der Waals surface area contributed by atoms with Gasteiger partial charge in [-0.05, 0) is 65.2 Å². The van der Waals surface area contributed by atoms with Crippen LogP contribution >= 0.6 is 0 Å². The monoisotopic (exact) mass is 238 g/mol. The molecule has 0 bridgehead atoms. The van der Waals surface area contributed by atoms with Crippen LogP contribution in [0, 0.1) is 17.3 Å². The van der Waals surface area contributed by atoms with Gasteiger partial charge in [-0.3, -0.25) is 4.79 Å². The van der Waals surface area contributed by atoms with Gasteiger partial charge in [-0.2, -0.15) is 0 Å². The van der Waals surface area contributed by atoms with Crippen LogP contribution in [0.3, 0.4) is 0 Å². The predicted molar refractivity (Wildman–Crippen MR) is 69.4 cm³/mol. The predicted octanol–water partition coefficient (Wildman–Crippen LogP) is 2.05. The van der Waals surface area contributed by atoms with Gasteiger partial charge < -0.3 is 11.1 Å². The van der Waals surface area contributed by atoms with Crippen LogP contribution in [0.15, 0.2) is 0 Å². The van der Waals surface area contributed by atoms with Gasteiger partial charge in [-0.15, -0.1) is 0 Å². The number of carbonyl (C=O) groups is 1. The Balaban J connectivity index is 1.99. The van der Waals surface area contributed by atoms with Gasteiger partial charge in [0.25, 0.3) is 0 Å². The molecule has 2 saturated carbocycles. The zero-order chi connectivity index (χ0) is 12.8. The summed E-state index contributed by atoms with van der Waals surface area (Å²) in [5.74, 6) is 1.60. The second kappa shape index (κ2) is 3.98. The van der Waals surface area contributed by atoms with Crippen LogP contribution in [-0.4, -0.2) is 17.5 Å². The van der Waals surface area contributed by atoms with E-state index in [2.05, 4.69) is 5.32 Å². The van der Waals surface area contributed by atoms with Crippen molar-refractivity contribution in [1.82, 2.24) is 5.32 Å². The molecule has 2 fully saturated rings. The Bertz CT molecular complexity index is 297. The Hall–Kier alpha value is -0.570. The standard InChI is InChI=1S/C14H26N2O/c1-13(2,14(3,4)15)12(17)16-11(9-5-6-9)10-7-8-10/h9-11H,5-8,15H2,1-4H3,(H,16,17). The summed E-state index contributed by atoms with van der Waals surface area (Å²) in [5.41, 5.74) is 5.10. The first-order valence-corrected chi connectivity index (χ1v) is 6.83. The molecule has 0 spiro atoms. The van der Waals surface area contributed by atoms with Crippen molar-refractivity contribution in [3.8, 4) is 0 Å². The molecular formula is C14H26N2O. The van der Waals surface area contributed by atoms with E-state index in [1.807, 2.05) is 27.7 Å². The van der Waals surface area contributed by atoms with Gasteiger partial charge in [0.1, 0.15) is 0 Å². The molecule has 0 atom stereocenters. The minimum atomic E-state index is -0.519. The molecule has 3 nitrogen and oxygen atoms in total. The van der Waals surface area contributed by atoms with Crippen molar-refractivity contribution in [3.63, 3.8) is 0 Å². The molecule has 0 heterocycles. The first-order valence-electron chi connectivity index (χ1n) is 6.83. The molecular weight excluding hydrogens is 212 g/mol. The lowest BCUT2D eigenvalue weighted by molar-refractivity contribution is -0.133. The highest BCUT2D eigenvalue weighted by Crippen LogP contribution is 2.45. The number of nitrogens with two attached hydrogens (primary N) is 1. The van der Waals surface area contributed by atoms with Crippen LogP contribution in [-0.2, 0) is 4.79 Å². The Kier molecular flexibility index (Phi) is 3.01. The van der Waals surface area contributed by atoms with Crippen LogP contribution < -0.4 is 11.1 Å². The summed E-state index contributed by atoms with van der Waals surface area (Å²) in [6.07, 6.45) is 5.14. The van der Waals surface area contributed by atoms with E-state index >= 15 is 0 Å². The molecule has 0 saturated heterocycles. The van der Waals surface area contributed by atoms with E-state index in [0.717, 1.165) is 11.8 Å². The fourth-order valence-electron chi connectivity index (χ4n) is 2.16. The summed E-state index contributed by atoms with van der Waals surface area (Å²) in [6.45, 7) is 7.74. The molecule has 0 aromatic carbocycles. The third-order valence-electron chi connectivity index (χ3n) is 4.74. The lowest BCUT2D eigenvalue weighted by Gasteiger charge is -2.38. The Labute approximate surface area is 105 Å². The Morgan fingerprint density at radius 1 is 1.12 bits per heavy atom. The maximum atomic E-state index is 12.4. The van der Waals surface area contributed by atoms with Crippen LogP contribution in [0.25, 0.3) is 0 Å². The zero-order valence-electron chi connectivity index (χ0n) is 11.5. The summed E-state index contributed by atoms with van der Waals surface area (Å²) < 4.78 is 0. The van der Waals surface area contributed by atoms with Gasteiger partial charge in [-0.1, -0.05) is 0 Å². The molecule has 2 aliphatic carbocycles. The summed E-state index contributed by atoms with van der Waals surface area (Å²) in [6, 6.07) is 0.420. The van der Waals surface area contributed by atoms with Gasteiger partial charge in [0.15, 0.2) is 0 Å². The lowest BCUT2D eigenvalue weighted by atomic mass is 9.74. The quantitative estimate of drug-likeness (QED) is 0.770. The summed E-state index contributed by atoms with van der Waals surface area (Å²) in [5, 5.41) is 3.27. The minimum absolute atomic E-state index is 0.119. The maximum Gasteiger partial charge on any atom is 0.227 e. The second-order valence-electron chi connectivity index (χ2n) is 7.02. The molecule has 3 heteroatoms. The van der Waals surface area contributed by atoms with Gasteiger partial charge in [0.05, 0.1) is 5.41 Å². The van der Waals surface area contributed by atoms with Crippen molar-refractivity contribution in [2.75, 3.05) is 0 Å². The molecule has 0 aliphatic heterocycles. The number of carbonyl (C=O) groups excluding carboxylic acids is 1. The van der Waals surface area contributed by atoms with Gasteiger partial charge in [0, 0.05) is 11.6 Å². The number of nitrogens with one attached hydrogen (secondary N) is 1. The summed E-state index contributed by atoms with van der Waals surface area (Å²) in [7, 11) is 0. The molecule has 3 N–H and O–H groups in total. The lowest BCUT2D eigenvalue weighted by Crippen LogP contribution is -2.57. The van der Waals surface area contributed by atoms with E-state index in [1.54, 1.807) is 0 Å². The second-order valence-corrected chi connectivity index (χ2v) is 7.02. The first kappa shape index (κ1) is 12.9. The van der Waals surface area contributed by atoms with Crippen molar-refractivity contribution in [2.45, 2.75) is 65.0 Å². The minimum Gasteiger partial charge on any atom is -0.352 e. The van der Waals surface area contributed by atoms with E-state index in [4.69, 9.17) is 5.73 Å². The van der Waals surface area contributed by atoms with Gasteiger partial charge in [-0.25, -0.2) is 0 Å². The molecule has 0 aromatic heterocycles. The smallest absolute Gasteiger partial charge is 0.227 e. The van der Waals surface area contributed by atoms with Crippen LogP contribution in [0.4, 0.5) is 0 Å². The van der Waals surface area contributed by atoms with E-state index in [-0.39, 0.29) is 5.91 Å². The van der Waals surface area contributed by atoms with Crippen LogP contribution in [0.5, 0.6) is 0 Å². The topological polar surface area (TPSA) is 55.1 Å². The van der Waals surface area contributed by atoms with Crippen LogP contribution in [0.2, 0.25) is 0 Å². The average Bonchev–Trinajstić information content (AvgIpc) is 3.02. The Morgan fingerprint density at radius 2 is 1.53 bits per heavy atom. The molecule has 0 radical (unpaired) electrons. The van der Waals surface area contributed by atoms with Crippen molar-refractivity contribution in [1.29, 1.82) is 0 Å². The van der Waals surface area contributed by atoms with E-state index < -0.39 is 11.0 Å². The molecule has 0 unspecified atom stereocenters. The third kappa shape index (κ3) is 2.65. The molecule has 1 amide bonds.